The van der Waals surface area contributed by atoms with Crippen LogP contribution in [0.2, 0.25) is 0 Å². The number of hydrogen-bond acceptors (Lipinski definition) is 3. The molecule has 4 aromatic rings. The highest BCUT2D eigenvalue weighted by Crippen LogP contribution is 2.19. The highest BCUT2D eigenvalue weighted by Gasteiger charge is 2.07. The molecule has 3 aromatic carbocycles. The Hall–Kier alpha value is -3.73. The van der Waals surface area contributed by atoms with Gasteiger partial charge < -0.3 is 5.32 Å². The summed E-state index contributed by atoms with van der Waals surface area (Å²) in [7, 11) is 0. The van der Waals surface area contributed by atoms with Crippen LogP contribution in [0, 0.1) is 0 Å². The molecule has 0 unspecified atom stereocenters. The highest BCUT2D eigenvalue weighted by atomic mass is 16.1. The molecule has 0 aliphatic rings. The lowest BCUT2D eigenvalue weighted by Crippen LogP contribution is -2.07. The first-order chi connectivity index (χ1) is 15.0. The topological polar surface area (TPSA) is 59.8 Å². The number of fused-ring (bicyclic) bond motifs is 1. The maximum atomic E-state index is 12.3. The number of anilines is 1. The summed E-state index contributed by atoms with van der Waals surface area (Å²) in [5.74, 6) is 0.305. The largest absolute Gasteiger partial charge is 0.322 e. The third-order valence-electron chi connectivity index (χ3n) is 5.25. The Bertz CT molecular complexity index is 1220. The van der Waals surface area contributed by atoms with Crippen molar-refractivity contribution in [2.45, 2.75) is 33.1 Å². The molecule has 0 saturated carbocycles. The fourth-order valence-corrected chi connectivity index (χ4v) is 3.32. The van der Waals surface area contributed by atoms with Gasteiger partial charge >= 0.3 is 0 Å². The van der Waals surface area contributed by atoms with E-state index in [0.717, 1.165) is 28.7 Å². The molecule has 0 radical (unpaired) electrons. The molecule has 31 heavy (non-hydrogen) atoms. The fourth-order valence-electron chi connectivity index (χ4n) is 3.32. The molecule has 0 aliphatic heterocycles. The summed E-state index contributed by atoms with van der Waals surface area (Å²) in [6.07, 6.45) is 4.35. The zero-order valence-corrected chi connectivity index (χ0v) is 18.0. The molecular weight excluding hydrogens is 384 g/mol. The van der Waals surface area contributed by atoms with Crippen molar-refractivity contribution >= 4 is 28.7 Å². The normalized spacial score (nSPS) is 11.5. The zero-order chi connectivity index (χ0) is 21.8. The summed E-state index contributed by atoms with van der Waals surface area (Å²) in [4.78, 5) is 14.0. The van der Waals surface area contributed by atoms with Gasteiger partial charge in [0.15, 0.2) is 0 Å². The van der Waals surface area contributed by atoms with Crippen LogP contribution >= 0.6 is 0 Å². The number of hydrogen-bond donors (Lipinski definition) is 1. The summed E-state index contributed by atoms with van der Waals surface area (Å²) in [6, 6.07) is 22.0. The molecule has 156 valence electrons. The average molecular weight is 411 g/mol. The van der Waals surface area contributed by atoms with E-state index in [9.17, 15) is 4.79 Å². The van der Waals surface area contributed by atoms with E-state index < -0.39 is 0 Å². The van der Waals surface area contributed by atoms with E-state index in [1.54, 1.807) is 10.9 Å². The lowest BCUT2D eigenvalue weighted by atomic mass is 10.0. The quantitative estimate of drug-likeness (QED) is 0.411. The Labute approximate surface area is 182 Å². The Balaban J connectivity index is 1.46. The van der Waals surface area contributed by atoms with Crippen molar-refractivity contribution in [2.75, 3.05) is 5.32 Å². The fraction of sp³-hybridized carbons (Fsp3) is 0.192. The second-order valence-corrected chi connectivity index (χ2v) is 7.86. The van der Waals surface area contributed by atoms with Gasteiger partial charge in [0.25, 0.3) is 0 Å². The van der Waals surface area contributed by atoms with Gasteiger partial charge in [0.2, 0.25) is 5.91 Å². The molecule has 1 aromatic heterocycles. The number of carbonyl (C=O) groups is 1. The summed E-state index contributed by atoms with van der Waals surface area (Å²) < 4.78 is 0. The van der Waals surface area contributed by atoms with E-state index >= 15 is 0 Å². The van der Waals surface area contributed by atoms with Crippen molar-refractivity contribution in [3.8, 4) is 5.69 Å². The van der Waals surface area contributed by atoms with E-state index in [-0.39, 0.29) is 5.91 Å². The first kappa shape index (κ1) is 20.5. The molecule has 0 bridgehead atoms. The van der Waals surface area contributed by atoms with Crippen LogP contribution in [0.4, 0.5) is 5.69 Å². The van der Waals surface area contributed by atoms with Crippen LogP contribution in [-0.2, 0) is 11.2 Å². The average Bonchev–Trinajstić information content (AvgIpc) is 3.21. The van der Waals surface area contributed by atoms with Crippen LogP contribution in [0.3, 0.4) is 0 Å². The standard InChI is InChI=1S/C26H26N4O/c1-4-19-7-13-23(14-8-19)30-28-24-15-12-22(17-25(24)29-30)27-26(31)16-9-20-5-10-21(11-6-20)18(2)3/h5-18H,4H2,1-3H3,(H,27,31)/b16-9+. The van der Waals surface area contributed by atoms with Crippen molar-refractivity contribution in [3.05, 3.63) is 89.5 Å². The molecule has 0 fully saturated rings. The number of nitrogens with zero attached hydrogens (tertiary/aromatic N) is 3. The number of benzene rings is 3. The van der Waals surface area contributed by atoms with Gasteiger partial charge in [-0.15, -0.1) is 10.2 Å². The summed E-state index contributed by atoms with van der Waals surface area (Å²) in [5, 5.41) is 12.0. The van der Waals surface area contributed by atoms with Crippen molar-refractivity contribution < 1.29 is 4.79 Å². The van der Waals surface area contributed by atoms with Crippen LogP contribution < -0.4 is 5.32 Å². The van der Waals surface area contributed by atoms with Gasteiger partial charge in [-0.2, -0.15) is 4.80 Å². The summed E-state index contributed by atoms with van der Waals surface area (Å²) in [5.41, 5.74) is 6.64. The zero-order valence-electron chi connectivity index (χ0n) is 18.0. The first-order valence-electron chi connectivity index (χ1n) is 10.6. The van der Waals surface area contributed by atoms with Gasteiger partial charge in [-0.05, 0) is 65.4 Å². The number of amides is 1. The third-order valence-corrected chi connectivity index (χ3v) is 5.25. The van der Waals surface area contributed by atoms with Crippen LogP contribution in [0.5, 0.6) is 0 Å². The molecule has 5 heteroatoms. The summed E-state index contributed by atoms with van der Waals surface area (Å²) in [6.45, 7) is 6.45. The minimum absolute atomic E-state index is 0.185. The number of aryl methyl sites for hydroxylation is 1. The van der Waals surface area contributed by atoms with Gasteiger partial charge in [-0.3, -0.25) is 4.79 Å². The maximum absolute atomic E-state index is 12.3. The minimum Gasteiger partial charge on any atom is -0.322 e. The van der Waals surface area contributed by atoms with E-state index in [2.05, 4.69) is 60.6 Å². The van der Waals surface area contributed by atoms with Gasteiger partial charge in [0.1, 0.15) is 11.0 Å². The third kappa shape index (κ3) is 4.89. The molecule has 0 atom stereocenters. The number of aromatic nitrogens is 3. The van der Waals surface area contributed by atoms with Crippen LogP contribution in [0.1, 0.15) is 43.4 Å². The monoisotopic (exact) mass is 410 g/mol. The minimum atomic E-state index is -0.185. The first-order valence-corrected chi connectivity index (χ1v) is 10.6. The van der Waals surface area contributed by atoms with Crippen LogP contribution in [-0.4, -0.2) is 20.9 Å². The predicted molar refractivity (Wildman–Crippen MR) is 126 cm³/mol. The smallest absolute Gasteiger partial charge is 0.248 e. The number of rotatable bonds is 6. The lowest BCUT2D eigenvalue weighted by Gasteiger charge is -2.04. The molecule has 0 saturated heterocycles. The van der Waals surface area contributed by atoms with Gasteiger partial charge in [0, 0.05) is 11.8 Å². The predicted octanol–water partition coefficient (Wildman–Crippen LogP) is 5.76. The van der Waals surface area contributed by atoms with Crippen molar-refractivity contribution in [1.29, 1.82) is 0 Å². The van der Waals surface area contributed by atoms with E-state index in [1.165, 1.54) is 11.1 Å². The Morgan fingerprint density at radius 1 is 0.968 bits per heavy atom. The van der Waals surface area contributed by atoms with Crippen LogP contribution in [0.25, 0.3) is 22.8 Å². The highest BCUT2D eigenvalue weighted by molar-refractivity contribution is 6.02. The van der Waals surface area contributed by atoms with Gasteiger partial charge in [0.05, 0.1) is 5.69 Å². The van der Waals surface area contributed by atoms with E-state index in [0.29, 0.717) is 11.6 Å². The molecule has 0 spiro atoms. The molecule has 4 rings (SSSR count). The number of carbonyl (C=O) groups excluding carboxylic acids is 1. The molecule has 1 amide bonds. The number of nitrogens with one attached hydrogen (secondary N) is 1. The molecule has 1 heterocycles. The molecule has 0 aliphatic carbocycles. The summed E-state index contributed by atoms with van der Waals surface area (Å²) >= 11 is 0. The Morgan fingerprint density at radius 3 is 2.35 bits per heavy atom. The Morgan fingerprint density at radius 2 is 1.68 bits per heavy atom. The lowest BCUT2D eigenvalue weighted by molar-refractivity contribution is -0.111. The van der Waals surface area contributed by atoms with Crippen LogP contribution in [0.15, 0.2) is 72.8 Å². The maximum Gasteiger partial charge on any atom is 0.248 e. The van der Waals surface area contributed by atoms with Gasteiger partial charge in [-0.25, -0.2) is 0 Å². The Kier molecular flexibility index (Phi) is 5.94. The van der Waals surface area contributed by atoms with Gasteiger partial charge in [-0.1, -0.05) is 57.2 Å². The molecule has 1 N–H and O–H groups in total. The second-order valence-electron chi connectivity index (χ2n) is 7.86. The SMILES string of the molecule is CCc1ccc(-n2nc3ccc(NC(=O)/C=C/c4ccc(C(C)C)cc4)cc3n2)cc1. The second kappa shape index (κ2) is 8.96. The van der Waals surface area contributed by atoms with E-state index in [1.807, 2.05) is 48.5 Å². The molecule has 5 nitrogen and oxygen atoms in total. The van der Waals surface area contributed by atoms with E-state index in [4.69, 9.17) is 0 Å². The van der Waals surface area contributed by atoms with Crippen molar-refractivity contribution in [3.63, 3.8) is 0 Å². The van der Waals surface area contributed by atoms with Crippen molar-refractivity contribution in [2.24, 2.45) is 0 Å². The van der Waals surface area contributed by atoms with Crippen molar-refractivity contribution in [1.82, 2.24) is 15.0 Å². The molecular formula is C26H26N4O.